The van der Waals surface area contributed by atoms with E-state index in [0.717, 1.165) is 11.5 Å². The number of carbonyl (C=O) groups is 1. The Morgan fingerprint density at radius 2 is 2.00 bits per heavy atom. The second-order valence-corrected chi connectivity index (χ2v) is 5.71. The molecular weight excluding hydrogens is 258 g/mol. The number of amides is 1. The van der Waals surface area contributed by atoms with Gasteiger partial charge in [0.05, 0.1) is 10.7 Å². The molecule has 1 amide bonds. The zero-order valence-corrected chi connectivity index (χ0v) is 10.9. The minimum absolute atomic E-state index is 0.356. The number of halogens is 1. The van der Waals surface area contributed by atoms with Crippen molar-refractivity contribution in [2.75, 3.05) is 16.8 Å². The first-order valence-corrected chi connectivity index (χ1v) is 7.01. The van der Waals surface area contributed by atoms with Gasteiger partial charge < -0.3 is 10.4 Å². The Kier molecular flexibility index (Phi) is 3.97. The van der Waals surface area contributed by atoms with Crippen LogP contribution in [0.5, 0.6) is 0 Å². The van der Waals surface area contributed by atoms with Gasteiger partial charge in [0.1, 0.15) is 5.60 Å². The molecule has 1 aromatic carbocycles. The van der Waals surface area contributed by atoms with E-state index in [1.807, 2.05) is 0 Å². The van der Waals surface area contributed by atoms with E-state index >= 15 is 0 Å². The molecule has 17 heavy (non-hydrogen) atoms. The predicted octanol–water partition coefficient (Wildman–Crippen LogP) is 2.54. The van der Waals surface area contributed by atoms with E-state index in [9.17, 15) is 9.90 Å². The minimum Gasteiger partial charge on any atom is -0.380 e. The Morgan fingerprint density at radius 3 is 2.65 bits per heavy atom. The molecule has 1 fully saturated rings. The van der Waals surface area contributed by atoms with Gasteiger partial charge in [-0.15, -0.1) is 0 Å². The van der Waals surface area contributed by atoms with Gasteiger partial charge in [-0.2, -0.15) is 11.8 Å². The molecule has 0 saturated carbocycles. The molecule has 1 aliphatic rings. The third-order valence-electron chi connectivity index (χ3n) is 2.86. The highest BCUT2D eigenvalue weighted by atomic mass is 35.5. The van der Waals surface area contributed by atoms with Gasteiger partial charge in [0.2, 0.25) is 0 Å². The molecule has 0 aliphatic carbocycles. The SMILES string of the molecule is O=C(Nc1ccccc1Cl)C1(O)CCSCC1. The van der Waals surface area contributed by atoms with Crippen LogP contribution in [0.3, 0.4) is 0 Å². The fraction of sp³-hybridized carbons (Fsp3) is 0.417. The molecule has 5 heteroatoms. The van der Waals surface area contributed by atoms with E-state index in [1.165, 1.54) is 0 Å². The van der Waals surface area contributed by atoms with E-state index in [2.05, 4.69) is 5.32 Å². The number of hydrogen-bond acceptors (Lipinski definition) is 3. The van der Waals surface area contributed by atoms with Crippen molar-refractivity contribution in [1.29, 1.82) is 0 Å². The summed E-state index contributed by atoms with van der Waals surface area (Å²) in [5.74, 6) is 1.27. The maximum atomic E-state index is 12.0. The minimum atomic E-state index is -1.25. The van der Waals surface area contributed by atoms with Crippen LogP contribution >= 0.6 is 23.4 Å². The smallest absolute Gasteiger partial charge is 0.256 e. The second kappa shape index (κ2) is 5.29. The molecule has 0 unspecified atom stereocenters. The average Bonchev–Trinajstić information content (AvgIpc) is 2.33. The summed E-state index contributed by atoms with van der Waals surface area (Å²) < 4.78 is 0. The molecule has 1 aromatic rings. The van der Waals surface area contributed by atoms with Crippen molar-refractivity contribution in [3.63, 3.8) is 0 Å². The molecule has 1 aliphatic heterocycles. The lowest BCUT2D eigenvalue weighted by Gasteiger charge is -2.30. The van der Waals surface area contributed by atoms with E-state index in [0.29, 0.717) is 23.6 Å². The van der Waals surface area contributed by atoms with Crippen LogP contribution in [0.25, 0.3) is 0 Å². The van der Waals surface area contributed by atoms with Crippen molar-refractivity contribution in [3.05, 3.63) is 29.3 Å². The summed E-state index contributed by atoms with van der Waals surface area (Å²) in [7, 11) is 0. The van der Waals surface area contributed by atoms with Gasteiger partial charge in [0.15, 0.2) is 0 Å². The lowest BCUT2D eigenvalue weighted by atomic mass is 9.95. The Labute approximate surface area is 110 Å². The van der Waals surface area contributed by atoms with Crippen molar-refractivity contribution in [3.8, 4) is 0 Å². The van der Waals surface area contributed by atoms with Gasteiger partial charge in [-0.1, -0.05) is 23.7 Å². The van der Waals surface area contributed by atoms with Crippen molar-refractivity contribution >= 4 is 35.0 Å². The summed E-state index contributed by atoms with van der Waals surface area (Å²) >= 11 is 7.71. The van der Waals surface area contributed by atoms with E-state index in [-0.39, 0.29) is 5.91 Å². The number of benzene rings is 1. The number of hydrogen-bond donors (Lipinski definition) is 2. The maximum absolute atomic E-state index is 12.0. The van der Waals surface area contributed by atoms with Crippen LogP contribution in [0.15, 0.2) is 24.3 Å². The van der Waals surface area contributed by atoms with Crippen LogP contribution in [-0.2, 0) is 4.79 Å². The first-order valence-electron chi connectivity index (χ1n) is 5.48. The van der Waals surface area contributed by atoms with Crippen LogP contribution in [0.1, 0.15) is 12.8 Å². The third-order valence-corrected chi connectivity index (χ3v) is 4.18. The zero-order chi connectivity index (χ0) is 12.3. The summed E-state index contributed by atoms with van der Waals surface area (Å²) in [6.45, 7) is 0. The molecule has 0 atom stereocenters. The zero-order valence-electron chi connectivity index (χ0n) is 9.28. The van der Waals surface area contributed by atoms with Crippen molar-refractivity contribution in [2.45, 2.75) is 18.4 Å². The monoisotopic (exact) mass is 271 g/mol. The molecule has 2 N–H and O–H groups in total. The first-order chi connectivity index (χ1) is 8.12. The Bertz CT molecular complexity index is 419. The van der Waals surface area contributed by atoms with Crippen molar-refractivity contribution in [2.24, 2.45) is 0 Å². The Hall–Kier alpha value is -0.710. The van der Waals surface area contributed by atoms with Gasteiger partial charge in [0, 0.05) is 0 Å². The number of carbonyl (C=O) groups excluding carboxylic acids is 1. The van der Waals surface area contributed by atoms with Gasteiger partial charge in [-0.05, 0) is 36.5 Å². The van der Waals surface area contributed by atoms with E-state index in [1.54, 1.807) is 36.0 Å². The number of nitrogens with one attached hydrogen (secondary N) is 1. The van der Waals surface area contributed by atoms with Crippen molar-refractivity contribution < 1.29 is 9.90 Å². The largest absolute Gasteiger partial charge is 0.380 e. The fourth-order valence-electron chi connectivity index (χ4n) is 1.74. The molecule has 0 aromatic heterocycles. The van der Waals surface area contributed by atoms with Gasteiger partial charge in [0.25, 0.3) is 5.91 Å². The Balaban J connectivity index is 2.08. The predicted molar refractivity (Wildman–Crippen MR) is 71.6 cm³/mol. The molecule has 0 spiro atoms. The summed E-state index contributed by atoms with van der Waals surface area (Å²) in [4.78, 5) is 12.0. The van der Waals surface area contributed by atoms with E-state index in [4.69, 9.17) is 11.6 Å². The number of rotatable bonds is 2. The maximum Gasteiger partial charge on any atom is 0.256 e. The molecule has 0 radical (unpaired) electrons. The molecule has 92 valence electrons. The van der Waals surface area contributed by atoms with Gasteiger partial charge in [-0.3, -0.25) is 4.79 Å². The van der Waals surface area contributed by atoms with Crippen LogP contribution < -0.4 is 5.32 Å². The molecular formula is C12H14ClNO2S. The summed E-state index contributed by atoms with van der Waals surface area (Å²) in [6, 6.07) is 7.02. The third kappa shape index (κ3) is 2.94. The van der Waals surface area contributed by atoms with Gasteiger partial charge >= 0.3 is 0 Å². The molecule has 1 saturated heterocycles. The average molecular weight is 272 g/mol. The first kappa shape index (κ1) is 12.7. The topological polar surface area (TPSA) is 49.3 Å². The molecule has 1 heterocycles. The summed E-state index contributed by atoms with van der Waals surface area (Å²) in [5.41, 5.74) is -0.699. The summed E-state index contributed by atoms with van der Waals surface area (Å²) in [5, 5.41) is 13.4. The Morgan fingerprint density at radius 1 is 1.35 bits per heavy atom. The van der Waals surface area contributed by atoms with Crippen LogP contribution in [0.2, 0.25) is 5.02 Å². The number of thioether (sulfide) groups is 1. The van der Waals surface area contributed by atoms with Crippen LogP contribution in [0, 0.1) is 0 Å². The summed E-state index contributed by atoms with van der Waals surface area (Å²) in [6.07, 6.45) is 0.988. The molecule has 3 nitrogen and oxygen atoms in total. The number of anilines is 1. The lowest BCUT2D eigenvalue weighted by molar-refractivity contribution is -0.134. The fourth-order valence-corrected chi connectivity index (χ4v) is 3.09. The lowest BCUT2D eigenvalue weighted by Crippen LogP contribution is -2.45. The highest BCUT2D eigenvalue weighted by Gasteiger charge is 2.37. The normalized spacial score (nSPS) is 18.7. The standard InChI is InChI=1S/C12H14ClNO2S/c13-9-3-1-2-4-10(9)14-11(15)12(16)5-7-17-8-6-12/h1-4,16H,5-8H2,(H,14,15). The molecule has 2 rings (SSSR count). The number of aliphatic hydroxyl groups is 1. The molecule has 0 bridgehead atoms. The van der Waals surface area contributed by atoms with Crippen LogP contribution in [-0.4, -0.2) is 28.1 Å². The quantitative estimate of drug-likeness (QED) is 0.869. The van der Waals surface area contributed by atoms with Gasteiger partial charge in [-0.25, -0.2) is 0 Å². The number of para-hydroxylation sites is 1. The highest BCUT2D eigenvalue weighted by molar-refractivity contribution is 7.99. The van der Waals surface area contributed by atoms with E-state index < -0.39 is 5.60 Å². The second-order valence-electron chi connectivity index (χ2n) is 4.08. The highest BCUT2D eigenvalue weighted by Crippen LogP contribution is 2.29. The van der Waals surface area contributed by atoms with Crippen molar-refractivity contribution in [1.82, 2.24) is 0 Å². The van der Waals surface area contributed by atoms with Crippen LogP contribution in [0.4, 0.5) is 5.69 Å².